The van der Waals surface area contributed by atoms with Gasteiger partial charge < -0.3 is 25.2 Å². The normalized spacial score (nSPS) is 18.0. The predicted octanol–water partition coefficient (Wildman–Crippen LogP) is 2.87. The van der Waals surface area contributed by atoms with Crippen molar-refractivity contribution in [1.82, 2.24) is 9.88 Å². The Morgan fingerprint density at radius 3 is 2.77 bits per heavy atom. The fourth-order valence-electron chi connectivity index (χ4n) is 3.56. The minimum absolute atomic E-state index is 0.0603. The fraction of sp³-hybridized carbons (Fsp3) is 0.571. The van der Waals surface area contributed by atoms with Crippen molar-refractivity contribution in [2.75, 3.05) is 6.54 Å². The Labute approximate surface area is 175 Å². The van der Waals surface area contributed by atoms with Gasteiger partial charge in [-0.15, -0.1) is 0 Å². The number of carbonyl (C=O) groups excluding carboxylic acids is 1. The lowest BCUT2D eigenvalue weighted by atomic mass is 9.99. The van der Waals surface area contributed by atoms with Crippen molar-refractivity contribution in [3.63, 3.8) is 0 Å². The van der Waals surface area contributed by atoms with E-state index in [-0.39, 0.29) is 30.6 Å². The number of nitrogens with zero attached hydrogens (tertiary/aromatic N) is 3. The van der Waals surface area contributed by atoms with Crippen LogP contribution in [0.15, 0.2) is 30.5 Å². The predicted molar refractivity (Wildman–Crippen MR) is 110 cm³/mol. The number of unbranched alkanes of at least 4 members (excludes halogenated alkanes) is 3. The molecular weight excluding hydrogens is 390 g/mol. The van der Waals surface area contributed by atoms with Gasteiger partial charge in [0.05, 0.1) is 12.1 Å². The summed E-state index contributed by atoms with van der Waals surface area (Å²) in [5.41, 5.74) is 0.690. The summed E-state index contributed by atoms with van der Waals surface area (Å²) in [6, 6.07) is 2.82. The van der Waals surface area contributed by atoms with Crippen molar-refractivity contribution in [1.29, 1.82) is 0 Å². The molecule has 1 aliphatic heterocycles. The van der Waals surface area contributed by atoms with E-state index in [4.69, 9.17) is 5.11 Å². The molecule has 164 valence electrons. The Morgan fingerprint density at radius 1 is 1.33 bits per heavy atom. The van der Waals surface area contributed by atoms with Gasteiger partial charge in [-0.1, -0.05) is 25.0 Å². The third-order valence-corrected chi connectivity index (χ3v) is 5.15. The van der Waals surface area contributed by atoms with E-state index in [1.165, 1.54) is 12.3 Å². The van der Waals surface area contributed by atoms with Crippen molar-refractivity contribution in [3.8, 4) is 0 Å². The van der Waals surface area contributed by atoms with Crippen molar-refractivity contribution in [2.45, 2.75) is 69.9 Å². The molecule has 0 aromatic carbocycles. The van der Waals surface area contributed by atoms with Gasteiger partial charge in [-0.3, -0.25) is 9.59 Å². The molecule has 2 rings (SSSR count). The maximum Gasteiger partial charge on any atom is 0.363 e. The van der Waals surface area contributed by atoms with Crippen LogP contribution in [0.5, 0.6) is 0 Å². The van der Waals surface area contributed by atoms with Crippen molar-refractivity contribution >= 4 is 17.7 Å². The first-order valence-corrected chi connectivity index (χ1v) is 10.3. The number of hydrogen-bond donors (Lipinski definition) is 2. The largest absolute Gasteiger partial charge is 0.481 e. The van der Waals surface area contributed by atoms with E-state index in [1.54, 1.807) is 12.1 Å². The highest BCUT2D eigenvalue weighted by Gasteiger charge is 2.25. The molecule has 1 aromatic rings. The summed E-state index contributed by atoms with van der Waals surface area (Å²) >= 11 is 0. The fourth-order valence-corrected chi connectivity index (χ4v) is 3.56. The van der Waals surface area contributed by atoms with Crippen LogP contribution in [0.4, 0.5) is 5.82 Å². The average Bonchev–Trinajstić information content (AvgIpc) is 2.70. The standard InChI is InChI=1S/C21H29N3O6/c25-18(14-16-9-12-19(22-15-16)24(29)30)11-10-17-6-5-7-20(26)23(17)13-4-2-1-3-8-21(27)28/h9-12,15,17-18,25H,1-8,13-14H2,(H,27,28)/t17-,18?/m1/s1. The summed E-state index contributed by atoms with van der Waals surface area (Å²) in [7, 11) is 0. The number of carboxylic acid groups (broad SMARTS) is 1. The van der Waals surface area contributed by atoms with Gasteiger partial charge >= 0.3 is 11.8 Å². The van der Waals surface area contributed by atoms with Crippen LogP contribution in [0.2, 0.25) is 0 Å². The number of carbonyl (C=O) groups is 2. The number of aliphatic hydroxyl groups excluding tert-OH is 1. The number of rotatable bonds is 12. The molecule has 9 nitrogen and oxygen atoms in total. The summed E-state index contributed by atoms with van der Waals surface area (Å²) in [6.07, 6.45) is 9.97. The highest BCUT2D eigenvalue weighted by molar-refractivity contribution is 5.77. The monoisotopic (exact) mass is 419 g/mol. The molecule has 1 aliphatic rings. The molecule has 0 aliphatic carbocycles. The van der Waals surface area contributed by atoms with E-state index in [1.807, 2.05) is 11.0 Å². The number of likely N-dealkylation sites (tertiary alicyclic amines) is 1. The number of aliphatic carboxylic acids is 1. The summed E-state index contributed by atoms with van der Waals surface area (Å²) in [5, 5.41) is 29.6. The third-order valence-electron chi connectivity index (χ3n) is 5.15. The van der Waals surface area contributed by atoms with E-state index >= 15 is 0 Å². The van der Waals surface area contributed by atoms with Crippen LogP contribution in [-0.4, -0.2) is 55.6 Å². The molecule has 0 bridgehead atoms. The van der Waals surface area contributed by atoms with Crippen molar-refractivity contribution in [3.05, 3.63) is 46.2 Å². The lowest BCUT2D eigenvalue weighted by Crippen LogP contribution is -2.43. The van der Waals surface area contributed by atoms with Crippen molar-refractivity contribution < 1.29 is 24.7 Å². The topological polar surface area (TPSA) is 134 Å². The van der Waals surface area contributed by atoms with E-state index < -0.39 is 17.0 Å². The molecule has 1 unspecified atom stereocenters. The Kier molecular flexibility index (Phi) is 9.40. The van der Waals surface area contributed by atoms with Gasteiger partial charge in [0.25, 0.3) is 0 Å². The van der Waals surface area contributed by atoms with Crippen LogP contribution in [-0.2, 0) is 16.0 Å². The molecule has 0 saturated carbocycles. The number of pyridine rings is 1. The quantitative estimate of drug-likeness (QED) is 0.230. The van der Waals surface area contributed by atoms with Crippen LogP contribution in [0.3, 0.4) is 0 Å². The van der Waals surface area contributed by atoms with E-state index in [9.17, 15) is 24.8 Å². The molecule has 1 saturated heterocycles. The zero-order valence-electron chi connectivity index (χ0n) is 17.0. The second-order valence-electron chi connectivity index (χ2n) is 7.54. The Balaban J connectivity index is 1.83. The minimum Gasteiger partial charge on any atom is -0.481 e. The van der Waals surface area contributed by atoms with E-state index in [0.29, 0.717) is 24.9 Å². The molecular formula is C21H29N3O6. The first-order chi connectivity index (χ1) is 14.4. The van der Waals surface area contributed by atoms with Crippen LogP contribution in [0, 0.1) is 10.1 Å². The molecule has 9 heteroatoms. The maximum absolute atomic E-state index is 12.3. The lowest BCUT2D eigenvalue weighted by molar-refractivity contribution is -0.389. The number of aliphatic hydroxyl groups is 1. The number of piperidine rings is 1. The van der Waals surface area contributed by atoms with Gasteiger partial charge in [-0.2, -0.15) is 0 Å². The molecule has 2 atom stereocenters. The van der Waals surface area contributed by atoms with E-state index in [0.717, 1.165) is 32.1 Å². The van der Waals surface area contributed by atoms with Gasteiger partial charge in [-0.05, 0) is 47.2 Å². The number of hydrogen-bond acceptors (Lipinski definition) is 6. The van der Waals surface area contributed by atoms with Crippen LogP contribution in [0.1, 0.15) is 56.9 Å². The zero-order valence-corrected chi connectivity index (χ0v) is 17.0. The average molecular weight is 419 g/mol. The number of amides is 1. The first-order valence-electron chi connectivity index (χ1n) is 10.3. The molecule has 0 spiro atoms. The second kappa shape index (κ2) is 12.0. The number of nitro groups is 1. The third kappa shape index (κ3) is 7.90. The van der Waals surface area contributed by atoms with Crippen molar-refractivity contribution in [2.24, 2.45) is 0 Å². The molecule has 0 radical (unpaired) electrons. The van der Waals surface area contributed by atoms with Gasteiger partial charge in [-0.25, -0.2) is 0 Å². The van der Waals surface area contributed by atoms with Crippen LogP contribution >= 0.6 is 0 Å². The zero-order chi connectivity index (χ0) is 21.9. The molecule has 1 amide bonds. The number of carboxylic acids is 1. The molecule has 2 heterocycles. The summed E-state index contributed by atoms with van der Waals surface area (Å²) in [4.78, 5) is 38.5. The highest BCUT2D eigenvalue weighted by atomic mass is 16.6. The van der Waals surface area contributed by atoms with Gasteiger partial charge in [0, 0.05) is 31.9 Å². The summed E-state index contributed by atoms with van der Waals surface area (Å²) in [6.45, 7) is 0.628. The smallest absolute Gasteiger partial charge is 0.363 e. The summed E-state index contributed by atoms with van der Waals surface area (Å²) in [5.74, 6) is -0.909. The molecule has 2 N–H and O–H groups in total. The Bertz CT molecular complexity index is 750. The van der Waals surface area contributed by atoms with Gasteiger partial charge in [0.1, 0.15) is 6.20 Å². The maximum atomic E-state index is 12.3. The first kappa shape index (κ1) is 23.5. The van der Waals surface area contributed by atoms with Crippen LogP contribution in [0.25, 0.3) is 0 Å². The Morgan fingerprint density at radius 2 is 2.10 bits per heavy atom. The minimum atomic E-state index is -0.783. The Hall–Kier alpha value is -2.81. The second-order valence-corrected chi connectivity index (χ2v) is 7.54. The van der Waals surface area contributed by atoms with Gasteiger partial charge in [0.2, 0.25) is 5.91 Å². The van der Waals surface area contributed by atoms with Crippen LogP contribution < -0.4 is 0 Å². The molecule has 30 heavy (non-hydrogen) atoms. The SMILES string of the molecule is O=C(O)CCCCCCN1C(=O)CCC[C@@H]1C=CC(O)Cc1ccc([N+](=O)[O-])nc1. The molecule has 1 aromatic heterocycles. The molecule has 1 fully saturated rings. The van der Waals surface area contributed by atoms with Gasteiger partial charge in [0.15, 0.2) is 0 Å². The number of aromatic nitrogens is 1. The highest BCUT2D eigenvalue weighted by Crippen LogP contribution is 2.21. The summed E-state index contributed by atoms with van der Waals surface area (Å²) < 4.78 is 0. The lowest BCUT2D eigenvalue weighted by Gasteiger charge is -2.34. The van der Waals surface area contributed by atoms with E-state index in [2.05, 4.69) is 4.98 Å².